The van der Waals surface area contributed by atoms with Crippen LogP contribution in [0, 0.1) is 0 Å². The van der Waals surface area contributed by atoms with Gasteiger partial charge in [-0.3, -0.25) is 0 Å². The molecule has 3 aromatic carbocycles. The van der Waals surface area contributed by atoms with Crippen LogP contribution in [0.2, 0.25) is 6.55 Å². The summed E-state index contributed by atoms with van der Waals surface area (Å²) in [4.78, 5) is 0. The Balaban J connectivity index is 2.57. The fourth-order valence-electron chi connectivity index (χ4n) is 2.26. The Hall–Kier alpha value is -1.60. The third kappa shape index (κ3) is 1.36. The van der Waals surface area contributed by atoms with Gasteiger partial charge in [-0.2, -0.15) is 0 Å². The average Bonchev–Trinajstić information content (AvgIpc) is 2.38. The molecule has 2 radical (unpaired) electrons. The van der Waals surface area contributed by atoms with Gasteiger partial charge in [0.2, 0.25) is 0 Å². The van der Waals surface area contributed by atoms with Crippen LogP contribution in [-0.4, -0.2) is 9.52 Å². The molecule has 0 heterocycles. The molecule has 0 saturated heterocycles. The summed E-state index contributed by atoms with van der Waals surface area (Å²) in [5, 5.41) is 6.96. The maximum Gasteiger partial charge on any atom is 0.0782 e. The van der Waals surface area contributed by atoms with Crippen LogP contribution in [0.15, 0.2) is 54.6 Å². The second kappa shape index (κ2) is 3.76. The van der Waals surface area contributed by atoms with E-state index < -0.39 is 0 Å². The van der Waals surface area contributed by atoms with Crippen molar-refractivity contribution in [3.8, 4) is 0 Å². The third-order valence-electron chi connectivity index (χ3n) is 3.04. The zero-order valence-corrected chi connectivity index (χ0v) is 10.2. The number of rotatable bonds is 1. The van der Waals surface area contributed by atoms with Gasteiger partial charge in [0, 0.05) is 0 Å². The molecule has 0 aliphatic heterocycles. The highest BCUT2D eigenvalue weighted by Crippen LogP contribution is 2.23. The molecule has 0 aliphatic rings. The molecule has 0 atom stereocenters. The summed E-state index contributed by atoms with van der Waals surface area (Å²) in [6.07, 6.45) is 0. The average molecular weight is 220 g/mol. The largest absolute Gasteiger partial charge is 0.0782 e. The Kier molecular flexibility index (Phi) is 2.26. The van der Waals surface area contributed by atoms with E-state index >= 15 is 0 Å². The predicted molar refractivity (Wildman–Crippen MR) is 72.7 cm³/mol. The lowest BCUT2D eigenvalue weighted by Gasteiger charge is -2.08. The van der Waals surface area contributed by atoms with E-state index in [1.165, 1.54) is 26.7 Å². The molecule has 3 rings (SSSR count). The lowest BCUT2D eigenvalue weighted by molar-refractivity contribution is 1.78. The van der Waals surface area contributed by atoms with Crippen molar-refractivity contribution in [2.24, 2.45) is 0 Å². The van der Waals surface area contributed by atoms with E-state index in [1.54, 1.807) is 0 Å². The minimum atomic E-state index is 0.847. The molecule has 0 unspecified atom stereocenters. The van der Waals surface area contributed by atoms with Crippen LogP contribution in [0.5, 0.6) is 0 Å². The summed E-state index contributed by atoms with van der Waals surface area (Å²) in [6.45, 7) is 2.25. The summed E-state index contributed by atoms with van der Waals surface area (Å²) in [7, 11) is 0.847. The summed E-state index contributed by atoms with van der Waals surface area (Å²) in [6, 6.07) is 19.7. The highest BCUT2D eigenvalue weighted by atomic mass is 28.2. The van der Waals surface area contributed by atoms with Crippen LogP contribution in [-0.2, 0) is 0 Å². The lowest BCUT2D eigenvalue weighted by Crippen LogP contribution is -2.11. The van der Waals surface area contributed by atoms with Crippen LogP contribution in [0.25, 0.3) is 21.5 Å². The van der Waals surface area contributed by atoms with E-state index in [-0.39, 0.29) is 0 Å². The van der Waals surface area contributed by atoms with Crippen molar-refractivity contribution < 1.29 is 0 Å². The number of hydrogen-bond acceptors (Lipinski definition) is 0. The second-order valence-corrected chi connectivity index (χ2v) is 4.98. The highest BCUT2D eigenvalue weighted by Gasteiger charge is 2.03. The molecule has 0 saturated carbocycles. The smallest absolute Gasteiger partial charge is 0.0688 e. The Morgan fingerprint density at radius 1 is 0.750 bits per heavy atom. The van der Waals surface area contributed by atoms with Gasteiger partial charge < -0.3 is 0 Å². The predicted octanol–water partition coefficient (Wildman–Crippen LogP) is 3.37. The van der Waals surface area contributed by atoms with Gasteiger partial charge in [-0.15, -0.1) is 0 Å². The first-order valence-corrected chi connectivity index (χ1v) is 6.98. The molecule has 16 heavy (non-hydrogen) atoms. The van der Waals surface area contributed by atoms with Crippen LogP contribution >= 0.6 is 0 Å². The van der Waals surface area contributed by atoms with Gasteiger partial charge in [0.05, 0.1) is 9.52 Å². The molecule has 0 bridgehead atoms. The van der Waals surface area contributed by atoms with Crippen molar-refractivity contribution in [3.63, 3.8) is 0 Å². The molecule has 0 aliphatic carbocycles. The molecule has 0 aromatic heterocycles. The van der Waals surface area contributed by atoms with Crippen molar-refractivity contribution in [2.45, 2.75) is 6.55 Å². The first kappa shape index (κ1) is 9.61. The Morgan fingerprint density at radius 3 is 2.12 bits per heavy atom. The van der Waals surface area contributed by atoms with E-state index in [9.17, 15) is 0 Å². The van der Waals surface area contributed by atoms with Crippen molar-refractivity contribution >= 4 is 36.3 Å². The van der Waals surface area contributed by atoms with Crippen molar-refractivity contribution in [1.29, 1.82) is 0 Å². The molecule has 0 N–H and O–H groups in total. The van der Waals surface area contributed by atoms with Gasteiger partial charge >= 0.3 is 0 Å². The maximum absolute atomic E-state index is 2.33. The zero-order chi connectivity index (χ0) is 11.0. The molecular weight excluding hydrogens is 208 g/mol. The molecule has 1 heteroatoms. The number of hydrogen-bond donors (Lipinski definition) is 0. The first-order valence-electron chi connectivity index (χ1n) is 5.48. The zero-order valence-electron chi connectivity index (χ0n) is 9.20. The van der Waals surface area contributed by atoms with Crippen LogP contribution in [0.3, 0.4) is 0 Å². The SMILES string of the molecule is C[Si]c1cc2ccccc2c2ccccc12. The molecule has 76 valence electrons. The maximum atomic E-state index is 2.33. The normalized spacial score (nSPS) is 11.1. The van der Waals surface area contributed by atoms with Crippen LogP contribution in [0.4, 0.5) is 0 Å². The monoisotopic (exact) mass is 220 g/mol. The molecule has 3 aromatic rings. The minimum Gasteiger partial charge on any atom is -0.0688 e. The Morgan fingerprint density at radius 2 is 1.38 bits per heavy atom. The summed E-state index contributed by atoms with van der Waals surface area (Å²) in [5.74, 6) is 0. The Bertz CT molecular complexity index is 656. The van der Waals surface area contributed by atoms with Gasteiger partial charge in [-0.05, 0) is 21.5 Å². The van der Waals surface area contributed by atoms with Crippen molar-refractivity contribution in [3.05, 3.63) is 54.6 Å². The van der Waals surface area contributed by atoms with Gasteiger partial charge in [0.1, 0.15) is 0 Å². The molecule has 0 amide bonds. The Labute approximate surface area is 97.7 Å². The van der Waals surface area contributed by atoms with E-state index in [0.29, 0.717) is 0 Å². The number of fused-ring (bicyclic) bond motifs is 3. The highest BCUT2D eigenvalue weighted by molar-refractivity contribution is 6.56. The fraction of sp³-hybridized carbons (Fsp3) is 0.0667. The standard InChI is InChI=1S/C15H12Si/c1-16-15-10-11-6-2-3-7-12(11)13-8-4-5-9-14(13)15/h2-10H,1H3. The van der Waals surface area contributed by atoms with E-state index in [4.69, 9.17) is 0 Å². The molecule has 0 nitrogen and oxygen atoms in total. The van der Waals surface area contributed by atoms with E-state index in [2.05, 4.69) is 61.1 Å². The van der Waals surface area contributed by atoms with Crippen molar-refractivity contribution in [1.82, 2.24) is 0 Å². The van der Waals surface area contributed by atoms with Gasteiger partial charge in [-0.25, -0.2) is 0 Å². The van der Waals surface area contributed by atoms with Crippen LogP contribution < -0.4 is 5.19 Å². The fourth-order valence-corrected chi connectivity index (χ4v) is 3.05. The van der Waals surface area contributed by atoms with Gasteiger partial charge in [-0.1, -0.05) is 66.3 Å². The minimum absolute atomic E-state index is 0.847. The summed E-state index contributed by atoms with van der Waals surface area (Å²) < 4.78 is 0. The van der Waals surface area contributed by atoms with E-state index in [1.807, 2.05) is 0 Å². The van der Waals surface area contributed by atoms with Crippen molar-refractivity contribution in [2.75, 3.05) is 0 Å². The summed E-state index contributed by atoms with van der Waals surface area (Å²) in [5.41, 5.74) is 0. The number of benzene rings is 3. The molecular formula is C15H12Si. The van der Waals surface area contributed by atoms with Gasteiger partial charge in [0.25, 0.3) is 0 Å². The lowest BCUT2D eigenvalue weighted by atomic mass is 10.0. The molecule has 0 fully saturated rings. The quantitative estimate of drug-likeness (QED) is 0.436. The second-order valence-electron chi connectivity index (χ2n) is 3.94. The third-order valence-corrected chi connectivity index (χ3v) is 3.99. The molecule has 0 spiro atoms. The first-order chi connectivity index (χ1) is 7.90. The van der Waals surface area contributed by atoms with Gasteiger partial charge in [0.15, 0.2) is 0 Å². The van der Waals surface area contributed by atoms with E-state index in [0.717, 1.165) is 9.52 Å². The summed E-state index contributed by atoms with van der Waals surface area (Å²) >= 11 is 0. The topological polar surface area (TPSA) is 0 Å². The van der Waals surface area contributed by atoms with Crippen LogP contribution in [0.1, 0.15) is 0 Å².